The summed E-state index contributed by atoms with van der Waals surface area (Å²) in [6.45, 7) is 3.52. The molecule has 1 aromatic rings. The average Bonchev–Trinajstić information content (AvgIpc) is 2.58. The SMILES string of the molecule is CC1(C)C(C(=O)O)C1C(=O)Nc1nnns1. The van der Waals surface area contributed by atoms with Gasteiger partial charge >= 0.3 is 5.97 Å². The lowest BCUT2D eigenvalue weighted by molar-refractivity contribution is -0.140. The van der Waals surface area contributed by atoms with Crippen LogP contribution in [0.5, 0.6) is 0 Å². The molecule has 8 heteroatoms. The molecule has 0 bridgehead atoms. The molecule has 2 atom stereocenters. The highest BCUT2D eigenvalue weighted by atomic mass is 32.1. The van der Waals surface area contributed by atoms with E-state index in [0.29, 0.717) is 0 Å². The van der Waals surface area contributed by atoms with Crippen LogP contribution in [0.1, 0.15) is 13.8 Å². The fourth-order valence-corrected chi connectivity index (χ4v) is 2.32. The number of nitrogens with zero attached hydrogens (tertiary/aromatic N) is 3. The number of aromatic nitrogens is 3. The third-order valence-corrected chi connectivity index (χ3v) is 3.42. The van der Waals surface area contributed by atoms with Crippen LogP contribution >= 0.6 is 11.5 Å². The van der Waals surface area contributed by atoms with Gasteiger partial charge in [0.25, 0.3) is 0 Å². The average molecular weight is 242 g/mol. The van der Waals surface area contributed by atoms with Crippen molar-refractivity contribution in [2.75, 3.05) is 5.32 Å². The van der Waals surface area contributed by atoms with Gasteiger partial charge in [-0.25, -0.2) is 0 Å². The van der Waals surface area contributed by atoms with Crippen LogP contribution in [0, 0.1) is 17.3 Å². The van der Waals surface area contributed by atoms with E-state index in [1.54, 1.807) is 13.8 Å². The zero-order valence-electron chi connectivity index (χ0n) is 8.67. The minimum atomic E-state index is -0.944. The number of carboxylic acids is 1. The van der Waals surface area contributed by atoms with Crippen LogP contribution in [0.15, 0.2) is 0 Å². The Hall–Kier alpha value is -1.57. The Morgan fingerprint density at radius 2 is 2.12 bits per heavy atom. The van der Waals surface area contributed by atoms with E-state index in [-0.39, 0.29) is 11.0 Å². The van der Waals surface area contributed by atoms with Crippen LogP contribution in [-0.4, -0.2) is 31.8 Å². The normalized spacial score (nSPS) is 26.1. The van der Waals surface area contributed by atoms with E-state index in [0.717, 1.165) is 11.5 Å². The number of anilines is 1. The predicted octanol–water partition coefficient (Wildman–Crippen LogP) is 0.228. The quantitative estimate of drug-likeness (QED) is 0.786. The molecule has 1 aliphatic rings. The molecular formula is C8H10N4O3S. The number of hydrogen-bond acceptors (Lipinski definition) is 6. The van der Waals surface area contributed by atoms with Crippen LogP contribution in [0.25, 0.3) is 0 Å². The molecule has 1 fully saturated rings. The highest BCUT2D eigenvalue weighted by Gasteiger charge is 2.66. The molecule has 16 heavy (non-hydrogen) atoms. The second kappa shape index (κ2) is 3.48. The van der Waals surface area contributed by atoms with Gasteiger partial charge in [0.2, 0.25) is 11.0 Å². The number of carbonyl (C=O) groups excluding carboxylic acids is 1. The van der Waals surface area contributed by atoms with Crippen molar-refractivity contribution in [2.45, 2.75) is 13.8 Å². The zero-order chi connectivity index (χ0) is 11.9. The molecule has 1 aliphatic carbocycles. The van der Waals surface area contributed by atoms with Crippen LogP contribution in [-0.2, 0) is 9.59 Å². The Bertz CT molecular complexity index is 431. The standard InChI is InChI=1S/C8H10N4O3S/c1-8(2)3(4(8)6(14)15)5(13)9-7-10-11-12-16-7/h3-4H,1-2H3,(H,14,15)(H,9,10,12,13). The molecule has 1 amide bonds. The van der Waals surface area contributed by atoms with Gasteiger partial charge < -0.3 is 5.11 Å². The van der Waals surface area contributed by atoms with E-state index in [4.69, 9.17) is 5.11 Å². The lowest BCUT2D eigenvalue weighted by Crippen LogP contribution is -2.17. The highest BCUT2D eigenvalue weighted by molar-refractivity contribution is 7.09. The maximum absolute atomic E-state index is 11.7. The second-order valence-electron chi connectivity index (χ2n) is 4.27. The van der Waals surface area contributed by atoms with E-state index in [9.17, 15) is 9.59 Å². The Morgan fingerprint density at radius 3 is 2.56 bits per heavy atom. The number of nitrogens with one attached hydrogen (secondary N) is 1. The molecular weight excluding hydrogens is 232 g/mol. The van der Waals surface area contributed by atoms with Gasteiger partial charge in [-0.1, -0.05) is 23.4 Å². The lowest BCUT2D eigenvalue weighted by Gasteiger charge is -2.00. The Labute approximate surface area is 95.0 Å². The molecule has 0 aromatic carbocycles. The number of carboxylic acid groups (broad SMARTS) is 1. The molecule has 86 valence electrons. The highest BCUT2D eigenvalue weighted by Crippen LogP contribution is 2.58. The van der Waals surface area contributed by atoms with E-state index in [2.05, 4.69) is 20.1 Å². The van der Waals surface area contributed by atoms with Crippen molar-refractivity contribution in [1.82, 2.24) is 14.8 Å². The van der Waals surface area contributed by atoms with Crippen LogP contribution < -0.4 is 5.32 Å². The van der Waals surface area contributed by atoms with Crippen molar-refractivity contribution >= 4 is 28.5 Å². The van der Waals surface area contributed by atoms with Crippen LogP contribution in [0.3, 0.4) is 0 Å². The van der Waals surface area contributed by atoms with Crippen molar-refractivity contribution in [3.63, 3.8) is 0 Å². The van der Waals surface area contributed by atoms with E-state index in [1.807, 2.05) is 0 Å². The summed E-state index contributed by atoms with van der Waals surface area (Å²) in [5.41, 5.74) is -0.506. The smallest absolute Gasteiger partial charge is 0.307 e. The van der Waals surface area contributed by atoms with Gasteiger partial charge in [-0.2, -0.15) is 0 Å². The van der Waals surface area contributed by atoms with Crippen LogP contribution in [0.4, 0.5) is 5.13 Å². The van der Waals surface area contributed by atoms with Gasteiger partial charge in [-0.05, 0) is 10.6 Å². The largest absolute Gasteiger partial charge is 0.481 e. The van der Waals surface area contributed by atoms with E-state index < -0.39 is 23.2 Å². The van der Waals surface area contributed by atoms with Crippen molar-refractivity contribution in [2.24, 2.45) is 17.3 Å². The summed E-state index contributed by atoms with van der Waals surface area (Å²) >= 11 is 0.955. The summed E-state index contributed by atoms with van der Waals surface area (Å²) in [5.74, 6) is -2.43. The molecule has 2 N–H and O–H groups in total. The molecule has 1 saturated carbocycles. The molecule has 1 aromatic heterocycles. The van der Waals surface area contributed by atoms with Gasteiger partial charge in [-0.15, -0.1) is 0 Å². The van der Waals surface area contributed by atoms with E-state index in [1.165, 1.54) is 0 Å². The van der Waals surface area contributed by atoms with Gasteiger partial charge in [0.05, 0.1) is 11.8 Å². The fourth-order valence-electron chi connectivity index (χ4n) is 1.95. The maximum Gasteiger partial charge on any atom is 0.307 e. The zero-order valence-corrected chi connectivity index (χ0v) is 9.48. The van der Waals surface area contributed by atoms with Crippen LogP contribution in [0.2, 0.25) is 0 Å². The first-order valence-corrected chi connectivity index (χ1v) is 5.40. The lowest BCUT2D eigenvalue weighted by atomic mass is 10.1. The molecule has 0 saturated heterocycles. The second-order valence-corrected chi connectivity index (χ2v) is 5.00. The molecule has 0 spiro atoms. The maximum atomic E-state index is 11.7. The molecule has 0 radical (unpaired) electrons. The molecule has 1 heterocycles. The predicted molar refractivity (Wildman–Crippen MR) is 54.7 cm³/mol. The third-order valence-electron chi connectivity index (χ3n) is 2.91. The van der Waals surface area contributed by atoms with Crippen molar-refractivity contribution in [3.05, 3.63) is 0 Å². The van der Waals surface area contributed by atoms with Gasteiger partial charge in [0, 0.05) is 11.5 Å². The molecule has 2 unspecified atom stereocenters. The first-order valence-electron chi connectivity index (χ1n) is 4.63. The first-order chi connectivity index (χ1) is 7.44. The number of carbonyl (C=O) groups is 2. The summed E-state index contributed by atoms with van der Waals surface area (Å²) in [6.07, 6.45) is 0. The molecule has 0 aliphatic heterocycles. The van der Waals surface area contributed by atoms with Crippen molar-refractivity contribution in [1.29, 1.82) is 0 Å². The van der Waals surface area contributed by atoms with E-state index >= 15 is 0 Å². The fraction of sp³-hybridized carbons (Fsp3) is 0.625. The molecule has 2 rings (SSSR count). The minimum Gasteiger partial charge on any atom is -0.481 e. The summed E-state index contributed by atoms with van der Waals surface area (Å²) in [6, 6.07) is 0. The third kappa shape index (κ3) is 1.64. The van der Waals surface area contributed by atoms with Crippen molar-refractivity contribution in [3.8, 4) is 0 Å². The number of amides is 1. The summed E-state index contributed by atoms with van der Waals surface area (Å²) in [4.78, 5) is 22.6. The number of rotatable bonds is 3. The van der Waals surface area contributed by atoms with Gasteiger partial charge in [-0.3, -0.25) is 14.9 Å². The van der Waals surface area contributed by atoms with Crippen molar-refractivity contribution < 1.29 is 14.7 Å². The monoisotopic (exact) mass is 242 g/mol. The Morgan fingerprint density at radius 1 is 1.44 bits per heavy atom. The van der Waals surface area contributed by atoms with Gasteiger partial charge in [0.1, 0.15) is 0 Å². The first kappa shape index (κ1) is 10.9. The summed E-state index contributed by atoms with van der Waals surface area (Å²) < 4.78 is 3.49. The Balaban J connectivity index is 2.05. The summed E-state index contributed by atoms with van der Waals surface area (Å²) in [5, 5.41) is 18.6. The Kier molecular flexibility index (Phi) is 2.38. The number of hydrogen-bond donors (Lipinski definition) is 2. The number of aliphatic carboxylic acids is 1. The summed E-state index contributed by atoms with van der Waals surface area (Å²) in [7, 11) is 0. The van der Waals surface area contributed by atoms with Gasteiger partial charge in [0.15, 0.2) is 0 Å². The molecule has 7 nitrogen and oxygen atoms in total. The minimum absolute atomic E-state index is 0.289. The topological polar surface area (TPSA) is 105 Å².